The van der Waals surface area contributed by atoms with Crippen molar-refractivity contribution >= 4 is 27.5 Å². The summed E-state index contributed by atoms with van der Waals surface area (Å²) in [5, 5.41) is 4.18. The van der Waals surface area contributed by atoms with E-state index in [0.29, 0.717) is 11.8 Å². The fraction of sp³-hybridized carbons (Fsp3) is 0.294. The highest BCUT2D eigenvalue weighted by Gasteiger charge is 2.29. The molecule has 3 rings (SSSR count). The van der Waals surface area contributed by atoms with Crippen LogP contribution in [0.2, 0.25) is 5.02 Å². The molecular formula is C17H16BrClFN. The van der Waals surface area contributed by atoms with Crippen molar-refractivity contribution in [3.05, 3.63) is 68.9 Å². The molecule has 1 heterocycles. The molecule has 110 valence electrons. The molecule has 1 fully saturated rings. The zero-order chi connectivity index (χ0) is 14.8. The van der Waals surface area contributed by atoms with E-state index in [-0.39, 0.29) is 5.82 Å². The molecule has 0 radical (unpaired) electrons. The highest BCUT2D eigenvalue weighted by atomic mass is 79.9. The van der Waals surface area contributed by atoms with Gasteiger partial charge in [-0.15, -0.1) is 0 Å². The normalized spacial score (nSPS) is 22.2. The van der Waals surface area contributed by atoms with Gasteiger partial charge in [0.15, 0.2) is 0 Å². The predicted octanol–water partition coefficient (Wildman–Crippen LogP) is 5.10. The van der Waals surface area contributed by atoms with Crippen molar-refractivity contribution in [2.75, 3.05) is 13.1 Å². The van der Waals surface area contributed by atoms with Crippen LogP contribution < -0.4 is 5.32 Å². The monoisotopic (exact) mass is 367 g/mol. The lowest BCUT2D eigenvalue weighted by molar-refractivity contribution is 0.402. The van der Waals surface area contributed by atoms with Crippen LogP contribution in [0.25, 0.3) is 0 Å². The summed E-state index contributed by atoms with van der Waals surface area (Å²) in [5.41, 5.74) is 2.30. The minimum Gasteiger partial charge on any atom is -0.316 e. The molecule has 1 saturated heterocycles. The van der Waals surface area contributed by atoms with Gasteiger partial charge in [-0.1, -0.05) is 39.7 Å². The van der Waals surface area contributed by atoms with Gasteiger partial charge >= 0.3 is 0 Å². The Hall–Kier alpha value is -0.900. The average molecular weight is 369 g/mol. The second-order valence-corrected chi connectivity index (χ2v) is 6.71. The Bertz CT molecular complexity index is 629. The van der Waals surface area contributed by atoms with E-state index in [9.17, 15) is 4.39 Å². The Balaban J connectivity index is 1.98. The summed E-state index contributed by atoms with van der Waals surface area (Å²) in [6.45, 7) is 1.85. The molecule has 0 saturated carbocycles. The van der Waals surface area contributed by atoms with Crippen molar-refractivity contribution in [1.29, 1.82) is 0 Å². The summed E-state index contributed by atoms with van der Waals surface area (Å²) in [4.78, 5) is 0. The third-order valence-electron chi connectivity index (χ3n) is 4.14. The maximum atomic E-state index is 13.6. The van der Waals surface area contributed by atoms with Crippen molar-refractivity contribution in [3.8, 4) is 0 Å². The first kappa shape index (κ1) is 15.0. The van der Waals surface area contributed by atoms with Gasteiger partial charge in [0, 0.05) is 22.0 Å². The molecule has 0 aromatic heterocycles. The van der Waals surface area contributed by atoms with Crippen LogP contribution >= 0.6 is 27.5 Å². The summed E-state index contributed by atoms with van der Waals surface area (Å²) in [5.74, 6) is 0.452. The van der Waals surface area contributed by atoms with Crippen molar-refractivity contribution in [2.24, 2.45) is 0 Å². The van der Waals surface area contributed by atoms with Crippen LogP contribution in [0, 0.1) is 5.82 Å². The fourth-order valence-corrected chi connectivity index (χ4v) is 3.76. The Labute approximate surface area is 137 Å². The van der Waals surface area contributed by atoms with Gasteiger partial charge in [-0.3, -0.25) is 0 Å². The van der Waals surface area contributed by atoms with Gasteiger partial charge in [0.1, 0.15) is 5.82 Å². The molecule has 2 unspecified atom stereocenters. The van der Waals surface area contributed by atoms with Gasteiger partial charge in [-0.2, -0.15) is 0 Å². The standard InChI is InChI=1S/C17H16BrClFN/c18-17-6-5-13(20)9-15(17)14-7-8-21-10-16(14)11-1-3-12(19)4-2-11/h1-6,9,14,16,21H,7-8,10H2. The molecule has 2 atom stereocenters. The molecule has 2 aromatic rings. The predicted molar refractivity (Wildman–Crippen MR) is 88.5 cm³/mol. The molecule has 0 bridgehead atoms. The minimum absolute atomic E-state index is 0.179. The highest BCUT2D eigenvalue weighted by Crippen LogP contribution is 2.40. The Morgan fingerprint density at radius 3 is 2.62 bits per heavy atom. The molecule has 0 aliphatic carbocycles. The third-order valence-corrected chi connectivity index (χ3v) is 5.11. The summed E-state index contributed by atoms with van der Waals surface area (Å²) in [6.07, 6.45) is 0.995. The number of nitrogens with one attached hydrogen (secondary N) is 1. The lowest BCUT2D eigenvalue weighted by Crippen LogP contribution is -2.34. The number of hydrogen-bond donors (Lipinski definition) is 1. The smallest absolute Gasteiger partial charge is 0.123 e. The molecule has 0 spiro atoms. The highest BCUT2D eigenvalue weighted by molar-refractivity contribution is 9.10. The summed E-state index contributed by atoms with van der Waals surface area (Å²) >= 11 is 9.55. The molecule has 0 amide bonds. The zero-order valence-corrected chi connectivity index (χ0v) is 13.8. The van der Waals surface area contributed by atoms with Crippen LogP contribution in [0.15, 0.2) is 46.9 Å². The summed E-state index contributed by atoms with van der Waals surface area (Å²) in [7, 11) is 0. The molecular weight excluding hydrogens is 353 g/mol. The van der Waals surface area contributed by atoms with Gasteiger partial charge in [0.25, 0.3) is 0 Å². The molecule has 1 N–H and O–H groups in total. The van der Waals surface area contributed by atoms with Crippen LogP contribution in [-0.4, -0.2) is 13.1 Å². The van der Waals surface area contributed by atoms with Crippen LogP contribution in [0.3, 0.4) is 0 Å². The lowest BCUT2D eigenvalue weighted by atomic mass is 9.77. The van der Waals surface area contributed by atoms with Gasteiger partial charge in [-0.25, -0.2) is 4.39 Å². The quantitative estimate of drug-likeness (QED) is 0.777. The van der Waals surface area contributed by atoms with Crippen LogP contribution in [-0.2, 0) is 0 Å². The molecule has 2 aromatic carbocycles. The van der Waals surface area contributed by atoms with E-state index in [4.69, 9.17) is 11.6 Å². The number of benzene rings is 2. The summed E-state index contributed by atoms with van der Waals surface area (Å²) in [6, 6.07) is 12.9. The number of halogens is 3. The SMILES string of the molecule is Fc1ccc(Br)c(C2CCNCC2c2ccc(Cl)cc2)c1. The molecule has 1 nitrogen and oxygen atoms in total. The topological polar surface area (TPSA) is 12.0 Å². The van der Waals surface area contributed by atoms with E-state index in [0.717, 1.165) is 34.6 Å². The van der Waals surface area contributed by atoms with Crippen molar-refractivity contribution in [1.82, 2.24) is 5.32 Å². The van der Waals surface area contributed by atoms with E-state index in [1.54, 1.807) is 12.1 Å². The van der Waals surface area contributed by atoms with Gasteiger partial charge in [0.2, 0.25) is 0 Å². The van der Waals surface area contributed by atoms with E-state index in [1.165, 1.54) is 11.6 Å². The first-order chi connectivity index (χ1) is 10.1. The zero-order valence-electron chi connectivity index (χ0n) is 11.5. The number of rotatable bonds is 2. The second-order valence-electron chi connectivity index (χ2n) is 5.42. The Morgan fingerprint density at radius 2 is 1.86 bits per heavy atom. The lowest BCUT2D eigenvalue weighted by Gasteiger charge is -2.33. The first-order valence-electron chi connectivity index (χ1n) is 7.06. The van der Waals surface area contributed by atoms with Crippen molar-refractivity contribution in [3.63, 3.8) is 0 Å². The molecule has 1 aliphatic rings. The van der Waals surface area contributed by atoms with Gasteiger partial charge in [-0.05, 0) is 60.3 Å². The second kappa shape index (κ2) is 6.47. The number of hydrogen-bond acceptors (Lipinski definition) is 1. The van der Waals surface area contributed by atoms with E-state index in [1.807, 2.05) is 12.1 Å². The Kier molecular flexibility index (Phi) is 4.63. The number of piperidine rings is 1. The minimum atomic E-state index is -0.179. The first-order valence-corrected chi connectivity index (χ1v) is 8.23. The van der Waals surface area contributed by atoms with Crippen LogP contribution in [0.1, 0.15) is 29.4 Å². The van der Waals surface area contributed by atoms with Crippen LogP contribution in [0.4, 0.5) is 4.39 Å². The van der Waals surface area contributed by atoms with Gasteiger partial charge in [0.05, 0.1) is 0 Å². The van der Waals surface area contributed by atoms with E-state index >= 15 is 0 Å². The largest absolute Gasteiger partial charge is 0.316 e. The van der Waals surface area contributed by atoms with Crippen LogP contribution in [0.5, 0.6) is 0 Å². The average Bonchev–Trinajstić information content (AvgIpc) is 2.51. The molecule has 4 heteroatoms. The molecule has 21 heavy (non-hydrogen) atoms. The fourth-order valence-electron chi connectivity index (χ4n) is 3.09. The maximum absolute atomic E-state index is 13.6. The van der Waals surface area contributed by atoms with E-state index < -0.39 is 0 Å². The van der Waals surface area contributed by atoms with Crippen molar-refractivity contribution in [2.45, 2.75) is 18.3 Å². The van der Waals surface area contributed by atoms with E-state index in [2.05, 4.69) is 33.4 Å². The maximum Gasteiger partial charge on any atom is 0.123 e. The third kappa shape index (κ3) is 3.31. The van der Waals surface area contributed by atoms with Crippen molar-refractivity contribution < 1.29 is 4.39 Å². The summed E-state index contributed by atoms with van der Waals surface area (Å²) < 4.78 is 14.6. The van der Waals surface area contributed by atoms with Gasteiger partial charge < -0.3 is 5.32 Å². The Morgan fingerprint density at radius 1 is 1.10 bits per heavy atom. The molecule has 1 aliphatic heterocycles.